The quantitative estimate of drug-likeness (QED) is 0.675. The van der Waals surface area contributed by atoms with E-state index < -0.39 is 18.1 Å². The summed E-state index contributed by atoms with van der Waals surface area (Å²) in [5, 5.41) is 10.1. The predicted molar refractivity (Wildman–Crippen MR) is 43.7 cm³/mol. The Morgan fingerprint density at radius 3 is 2.43 bits per heavy atom. The van der Waals surface area contributed by atoms with Crippen LogP contribution in [-0.2, 0) is 11.9 Å². The van der Waals surface area contributed by atoms with Gasteiger partial charge in [0, 0.05) is 11.6 Å². The van der Waals surface area contributed by atoms with Crippen molar-refractivity contribution < 1.29 is 18.3 Å². The van der Waals surface area contributed by atoms with Crippen molar-refractivity contribution in [1.29, 1.82) is 0 Å². The van der Waals surface area contributed by atoms with E-state index in [1.807, 2.05) is 0 Å². The number of aliphatic hydroxyl groups is 1. The first-order valence-electron chi connectivity index (χ1n) is 3.59. The molecule has 0 aliphatic heterocycles. The van der Waals surface area contributed by atoms with E-state index in [4.69, 9.17) is 20.8 Å². The second kappa shape index (κ2) is 3.34. The molecule has 0 bridgehead atoms. The van der Waals surface area contributed by atoms with Crippen LogP contribution in [0.4, 0.5) is 13.2 Å². The molecule has 72 valence electrons. The van der Waals surface area contributed by atoms with E-state index in [0.29, 0.717) is 4.68 Å². The van der Waals surface area contributed by atoms with Crippen LogP contribution in [0.25, 0.3) is 0 Å². The molecule has 0 amide bonds. The smallest absolute Gasteiger partial charge is 0.403 e. The Morgan fingerprint density at radius 2 is 2.00 bits per heavy atom. The summed E-state index contributed by atoms with van der Waals surface area (Å²) >= 11 is 0. The fraction of sp³-hybridized carbons (Fsp3) is 0.500. The van der Waals surface area contributed by atoms with Crippen LogP contribution < -0.4 is 0 Å². The monoisotopic (exact) mass is 200 g/mol. The highest BCUT2D eigenvalue weighted by atomic mass is 19.4. The van der Waals surface area contributed by atoms with E-state index in [1.54, 1.807) is 0 Å². The minimum atomic E-state index is -4.44. The lowest BCUT2D eigenvalue weighted by molar-refractivity contribution is -0.143. The van der Waals surface area contributed by atoms with Crippen molar-refractivity contribution in [2.24, 2.45) is 0 Å². The van der Waals surface area contributed by atoms with E-state index >= 15 is 0 Å². The summed E-state index contributed by atoms with van der Waals surface area (Å²) < 4.78 is 36.4. The summed E-state index contributed by atoms with van der Waals surface area (Å²) in [5.41, 5.74) is -0.296. The maximum Gasteiger partial charge on any atom is 0.408 e. The van der Waals surface area contributed by atoms with Crippen LogP contribution in [0.1, 0.15) is 5.69 Å². The zero-order valence-electron chi connectivity index (χ0n) is 6.99. The average Bonchev–Trinajstić information content (AvgIpc) is 2.29. The fourth-order valence-electron chi connectivity index (χ4n) is 0.969. The van der Waals surface area contributed by atoms with Crippen molar-refractivity contribution in [3.05, 3.63) is 18.0 Å². The van der Waals surface area contributed by atoms with E-state index in [9.17, 15) is 13.2 Å². The third kappa shape index (κ3) is 2.80. The molecule has 14 heavy (non-hydrogen) atoms. The Labute approximate surface area is 80.7 Å². The molecule has 1 N–H and O–H groups in total. The highest BCUT2D eigenvalue weighted by Gasteiger charge is 2.31. The standard InChI is InChI=1S/C6H5B2F3N2O/c7-6(8,14)4-1-2-12-13(4)3-5(9,10)11/h1-2,14H,3H2. The maximum absolute atomic E-state index is 12.0. The molecule has 0 saturated heterocycles. The average molecular weight is 200 g/mol. The molecule has 0 fully saturated rings. The van der Waals surface area contributed by atoms with Crippen molar-refractivity contribution >= 4 is 15.7 Å². The summed E-state index contributed by atoms with van der Waals surface area (Å²) in [6.07, 6.45) is -3.36. The van der Waals surface area contributed by atoms with Gasteiger partial charge in [-0.15, -0.1) is 0 Å². The minimum absolute atomic E-state index is 0.296. The van der Waals surface area contributed by atoms with Gasteiger partial charge in [-0.2, -0.15) is 18.3 Å². The molecule has 1 heterocycles. The number of alkyl halides is 3. The van der Waals surface area contributed by atoms with Crippen molar-refractivity contribution in [2.45, 2.75) is 18.1 Å². The predicted octanol–water partition coefficient (Wildman–Crippen LogP) is -0.115. The van der Waals surface area contributed by atoms with Gasteiger partial charge in [0.15, 0.2) is 0 Å². The Morgan fingerprint density at radius 1 is 1.43 bits per heavy atom. The highest BCUT2D eigenvalue weighted by molar-refractivity contribution is 6.38. The molecule has 0 unspecified atom stereocenters. The van der Waals surface area contributed by atoms with Gasteiger partial charge in [0.2, 0.25) is 0 Å². The molecule has 0 spiro atoms. The first-order chi connectivity index (χ1) is 6.20. The third-order valence-corrected chi connectivity index (χ3v) is 1.46. The van der Waals surface area contributed by atoms with Crippen molar-refractivity contribution in [1.82, 2.24) is 9.78 Å². The summed E-state index contributed by atoms with van der Waals surface area (Å²) in [6, 6.07) is 1.12. The molecular formula is C6H5B2F3N2O. The van der Waals surface area contributed by atoms with Crippen molar-refractivity contribution in [3.63, 3.8) is 0 Å². The SMILES string of the molecule is [B]C([B])(O)c1ccnn1CC(F)(F)F. The van der Waals surface area contributed by atoms with Crippen LogP contribution in [-0.4, -0.2) is 36.8 Å². The molecule has 3 nitrogen and oxygen atoms in total. The number of aromatic nitrogens is 2. The van der Waals surface area contributed by atoms with Gasteiger partial charge < -0.3 is 5.11 Å². The van der Waals surface area contributed by atoms with Crippen LogP contribution in [0.3, 0.4) is 0 Å². The van der Waals surface area contributed by atoms with E-state index in [2.05, 4.69) is 5.10 Å². The van der Waals surface area contributed by atoms with Gasteiger partial charge in [0.25, 0.3) is 0 Å². The molecule has 1 aromatic heterocycles. The van der Waals surface area contributed by atoms with Gasteiger partial charge in [-0.3, -0.25) is 4.68 Å². The first kappa shape index (κ1) is 11.2. The largest absolute Gasteiger partial charge is 0.408 e. The number of rotatable bonds is 2. The second-order valence-corrected chi connectivity index (χ2v) is 2.81. The van der Waals surface area contributed by atoms with Gasteiger partial charge in [0.05, 0.1) is 5.69 Å². The van der Waals surface area contributed by atoms with E-state index in [-0.39, 0.29) is 5.69 Å². The molecule has 1 aromatic rings. The molecule has 1 rings (SSSR count). The van der Waals surface area contributed by atoms with Gasteiger partial charge in [0.1, 0.15) is 22.2 Å². The normalized spacial score (nSPS) is 13.1. The summed E-state index contributed by atoms with van der Waals surface area (Å²) in [5.74, 6) is 0. The number of hydrogen-bond donors (Lipinski definition) is 1. The number of nitrogens with zero attached hydrogens (tertiary/aromatic N) is 2. The maximum atomic E-state index is 12.0. The lowest BCUT2D eigenvalue weighted by atomic mass is 9.63. The van der Waals surface area contributed by atoms with Crippen LogP contribution in [0.5, 0.6) is 0 Å². The second-order valence-electron chi connectivity index (χ2n) is 2.81. The lowest BCUT2D eigenvalue weighted by Gasteiger charge is -2.20. The molecular weight excluding hydrogens is 195 g/mol. The summed E-state index contributed by atoms with van der Waals surface area (Å²) in [4.78, 5) is 0. The molecule has 0 saturated carbocycles. The molecule has 0 aromatic carbocycles. The Bertz CT molecular complexity index is 318. The van der Waals surface area contributed by atoms with Crippen molar-refractivity contribution in [2.75, 3.05) is 0 Å². The van der Waals surface area contributed by atoms with E-state index in [0.717, 1.165) is 12.3 Å². The van der Waals surface area contributed by atoms with Crippen LogP contribution in [0, 0.1) is 0 Å². The zero-order valence-corrected chi connectivity index (χ0v) is 6.99. The minimum Gasteiger partial charge on any atom is -0.403 e. The third-order valence-electron chi connectivity index (χ3n) is 1.46. The van der Waals surface area contributed by atoms with Crippen LogP contribution >= 0.6 is 0 Å². The molecule has 0 atom stereocenters. The highest BCUT2D eigenvalue weighted by Crippen LogP contribution is 2.20. The Balaban J connectivity index is 2.95. The van der Waals surface area contributed by atoms with Crippen LogP contribution in [0.2, 0.25) is 0 Å². The fourth-order valence-corrected chi connectivity index (χ4v) is 0.969. The van der Waals surface area contributed by atoms with Gasteiger partial charge in [-0.1, -0.05) is 0 Å². The Kier molecular flexibility index (Phi) is 2.67. The molecule has 0 aliphatic rings. The van der Waals surface area contributed by atoms with Gasteiger partial charge in [-0.05, 0) is 6.07 Å². The van der Waals surface area contributed by atoms with Crippen molar-refractivity contribution in [3.8, 4) is 0 Å². The molecule has 8 heteroatoms. The van der Waals surface area contributed by atoms with E-state index in [1.165, 1.54) is 0 Å². The summed E-state index contributed by atoms with van der Waals surface area (Å²) in [7, 11) is 10.1. The van der Waals surface area contributed by atoms with Gasteiger partial charge >= 0.3 is 6.18 Å². The molecule has 0 aliphatic carbocycles. The zero-order chi connectivity index (χ0) is 11.0. The lowest BCUT2D eigenvalue weighted by Crippen LogP contribution is -2.32. The van der Waals surface area contributed by atoms with Crippen LogP contribution in [0.15, 0.2) is 12.3 Å². The van der Waals surface area contributed by atoms with Gasteiger partial charge in [-0.25, -0.2) is 0 Å². The Hall–Kier alpha value is -0.910. The first-order valence-corrected chi connectivity index (χ1v) is 3.59. The number of hydrogen-bond acceptors (Lipinski definition) is 2. The topological polar surface area (TPSA) is 38.1 Å². The summed E-state index contributed by atoms with van der Waals surface area (Å²) in [6.45, 7) is -1.34. The molecule has 4 radical (unpaired) electrons. The number of halogens is 3.